The van der Waals surface area contributed by atoms with Crippen molar-refractivity contribution >= 4 is 22.4 Å². The Morgan fingerprint density at radius 3 is 2.32 bits per heavy atom. The van der Waals surface area contributed by atoms with E-state index in [2.05, 4.69) is 29.4 Å². The first kappa shape index (κ1) is 13.7. The zero-order chi connectivity index (χ0) is 14.0. The summed E-state index contributed by atoms with van der Waals surface area (Å²) in [5.74, 6) is 0.183. The minimum absolute atomic E-state index is 0.141. The van der Waals surface area contributed by atoms with E-state index < -0.39 is 0 Å². The van der Waals surface area contributed by atoms with Crippen LogP contribution in [0, 0.1) is 13.8 Å². The van der Waals surface area contributed by atoms with Crippen molar-refractivity contribution in [1.82, 2.24) is 10.2 Å². The normalized spacial score (nSPS) is 10.8. The molecule has 19 heavy (non-hydrogen) atoms. The lowest BCUT2D eigenvalue weighted by molar-refractivity contribution is 0.102. The van der Waals surface area contributed by atoms with Gasteiger partial charge in [-0.3, -0.25) is 10.1 Å². The average molecular weight is 275 g/mol. The van der Waals surface area contributed by atoms with Crippen LogP contribution < -0.4 is 5.32 Å². The second-order valence-electron chi connectivity index (χ2n) is 4.93. The first-order valence-corrected chi connectivity index (χ1v) is 7.00. The standard InChI is InChI=1S/C14H17N3OS/c1-8(2)13-16-17-14(19-13)15-12(18)11-6-9(3)5-10(4)7-11/h5-8H,1-4H3,(H,15,17,18). The van der Waals surface area contributed by atoms with Crippen LogP contribution in [0.3, 0.4) is 0 Å². The summed E-state index contributed by atoms with van der Waals surface area (Å²) in [6.07, 6.45) is 0. The Hall–Kier alpha value is -1.75. The van der Waals surface area contributed by atoms with E-state index in [1.807, 2.05) is 32.0 Å². The Morgan fingerprint density at radius 1 is 1.16 bits per heavy atom. The molecular weight excluding hydrogens is 258 g/mol. The van der Waals surface area contributed by atoms with Gasteiger partial charge in [0.1, 0.15) is 5.01 Å². The number of benzene rings is 1. The third-order valence-electron chi connectivity index (χ3n) is 2.64. The first-order valence-electron chi connectivity index (χ1n) is 6.19. The molecule has 0 aliphatic carbocycles. The van der Waals surface area contributed by atoms with Crippen molar-refractivity contribution in [2.45, 2.75) is 33.6 Å². The summed E-state index contributed by atoms with van der Waals surface area (Å²) in [7, 11) is 0. The largest absolute Gasteiger partial charge is 0.296 e. The highest BCUT2D eigenvalue weighted by Crippen LogP contribution is 2.23. The molecule has 100 valence electrons. The van der Waals surface area contributed by atoms with Gasteiger partial charge in [0.05, 0.1) is 0 Å². The maximum Gasteiger partial charge on any atom is 0.257 e. The fourth-order valence-electron chi connectivity index (χ4n) is 1.79. The molecule has 0 fully saturated rings. The predicted molar refractivity (Wildman–Crippen MR) is 77.9 cm³/mol. The quantitative estimate of drug-likeness (QED) is 0.932. The van der Waals surface area contributed by atoms with Crippen LogP contribution in [0.2, 0.25) is 0 Å². The molecule has 0 bridgehead atoms. The molecule has 2 rings (SSSR count). The smallest absolute Gasteiger partial charge is 0.257 e. The SMILES string of the molecule is Cc1cc(C)cc(C(=O)Nc2nnc(C(C)C)s2)c1. The number of aromatic nitrogens is 2. The Morgan fingerprint density at radius 2 is 1.79 bits per heavy atom. The number of carbonyl (C=O) groups is 1. The van der Waals surface area contributed by atoms with Crippen LogP contribution in [0.4, 0.5) is 5.13 Å². The molecule has 1 heterocycles. The summed E-state index contributed by atoms with van der Waals surface area (Å²) >= 11 is 1.42. The number of anilines is 1. The van der Waals surface area contributed by atoms with Gasteiger partial charge < -0.3 is 0 Å². The van der Waals surface area contributed by atoms with Crippen LogP contribution >= 0.6 is 11.3 Å². The van der Waals surface area contributed by atoms with Crippen LogP contribution in [0.5, 0.6) is 0 Å². The fourth-order valence-corrected chi connectivity index (χ4v) is 2.53. The minimum Gasteiger partial charge on any atom is -0.296 e. The molecular formula is C14H17N3OS. The molecule has 0 saturated heterocycles. The number of nitrogens with one attached hydrogen (secondary N) is 1. The van der Waals surface area contributed by atoms with E-state index in [1.54, 1.807) is 0 Å². The molecule has 0 radical (unpaired) electrons. The number of hydrogen-bond acceptors (Lipinski definition) is 4. The number of carbonyl (C=O) groups excluding carboxylic acids is 1. The number of amides is 1. The van der Waals surface area contributed by atoms with Gasteiger partial charge in [-0.15, -0.1) is 10.2 Å². The van der Waals surface area contributed by atoms with E-state index >= 15 is 0 Å². The van der Waals surface area contributed by atoms with Crippen molar-refractivity contribution in [2.75, 3.05) is 5.32 Å². The molecule has 1 amide bonds. The molecule has 0 spiro atoms. The van der Waals surface area contributed by atoms with E-state index in [4.69, 9.17) is 0 Å². The molecule has 0 saturated carbocycles. The highest BCUT2D eigenvalue weighted by Gasteiger charge is 2.12. The summed E-state index contributed by atoms with van der Waals surface area (Å²) in [4.78, 5) is 12.1. The van der Waals surface area contributed by atoms with Gasteiger partial charge in [0.15, 0.2) is 0 Å². The van der Waals surface area contributed by atoms with Crippen molar-refractivity contribution in [2.24, 2.45) is 0 Å². The van der Waals surface area contributed by atoms with E-state index in [9.17, 15) is 4.79 Å². The maximum absolute atomic E-state index is 12.1. The fraction of sp³-hybridized carbons (Fsp3) is 0.357. The molecule has 1 aromatic carbocycles. The van der Waals surface area contributed by atoms with Gasteiger partial charge in [0.25, 0.3) is 5.91 Å². The lowest BCUT2D eigenvalue weighted by atomic mass is 10.1. The number of hydrogen-bond donors (Lipinski definition) is 1. The van der Waals surface area contributed by atoms with Crippen molar-refractivity contribution in [1.29, 1.82) is 0 Å². The summed E-state index contributed by atoms with van der Waals surface area (Å²) in [5, 5.41) is 12.3. The van der Waals surface area contributed by atoms with Gasteiger partial charge in [0, 0.05) is 11.5 Å². The van der Waals surface area contributed by atoms with Crippen molar-refractivity contribution in [3.05, 3.63) is 39.9 Å². The van der Waals surface area contributed by atoms with E-state index in [0.29, 0.717) is 16.6 Å². The van der Waals surface area contributed by atoms with E-state index in [-0.39, 0.29) is 5.91 Å². The van der Waals surface area contributed by atoms with Gasteiger partial charge in [0.2, 0.25) is 5.13 Å². The summed E-state index contributed by atoms with van der Waals surface area (Å²) in [6.45, 7) is 8.06. The highest BCUT2D eigenvalue weighted by molar-refractivity contribution is 7.15. The van der Waals surface area contributed by atoms with Gasteiger partial charge >= 0.3 is 0 Å². The van der Waals surface area contributed by atoms with Crippen LogP contribution in [-0.2, 0) is 0 Å². The Labute approximate surface area is 116 Å². The summed E-state index contributed by atoms with van der Waals surface area (Å²) in [6, 6.07) is 5.78. The second-order valence-corrected chi connectivity index (χ2v) is 5.94. The van der Waals surface area contributed by atoms with E-state index in [1.165, 1.54) is 11.3 Å². The lowest BCUT2D eigenvalue weighted by Crippen LogP contribution is -2.12. The average Bonchev–Trinajstić information content (AvgIpc) is 2.76. The van der Waals surface area contributed by atoms with Gasteiger partial charge in [-0.25, -0.2) is 0 Å². The zero-order valence-corrected chi connectivity index (χ0v) is 12.3. The van der Waals surface area contributed by atoms with Gasteiger partial charge in [-0.05, 0) is 26.0 Å². The summed E-state index contributed by atoms with van der Waals surface area (Å²) < 4.78 is 0. The first-order chi connectivity index (χ1) is 8.95. The highest BCUT2D eigenvalue weighted by atomic mass is 32.1. The maximum atomic E-state index is 12.1. The Kier molecular flexibility index (Phi) is 3.95. The molecule has 1 N–H and O–H groups in total. The second kappa shape index (κ2) is 5.48. The minimum atomic E-state index is -0.141. The monoisotopic (exact) mass is 275 g/mol. The molecule has 0 aliphatic rings. The van der Waals surface area contributed by atoms with Crippen molar-refractivity contribution in [3.63, 3.8) is 0 Å². The van der Waals surface area contributed by atoms with Gasteiger partial charge in [-0.2, -0.15) is 0 Å². The lowest BCUT2D eigenvalue weighted by Gasteiger charge is -2.04. The van der Waals surface area contributed by atoms with Crippen LogP contribution in [-0.4, -0.2) is 16.1 Å². The third kappa shape index (κ3) is 3.38. The molecule has 2 aromatic rings. The zero-order valence-electron chi connectivity index (χ0n) is 11.5. The van der Waals surface area contributed by atoms with Crippen LogP contribution in [0.1, 0.15) is 46.3 Å². The molecule has 0 unspecified atom stereocenters. The topological polar surface area (TPSA) is 54.9 Å². The number of aryl methyl sites for hydroxylation is 2. The number of nitrogens with zero attached hydrogens (tertiary/aromatic N) is 2. The van der Waals surface area contributed by atoms with E-state index in [0.717, 1.165) is 16.1 Å². The third-order valence-corrected chi connectivity index (χ3v) is 3.78. The molecule has 0 atom stereocenters. The number of rotatable bonds is 3. The molecule has 4 nitrogen and oxygen atoms in total. The van der Waals surface area contributed by atoms with Crippen molar-refractivity contribution in [3.8, 4) is 0 Å². The van der Waals surface area contributed by atoms with Gasteiger partial charge in [-0.1, -0.05) is 42.4 Å². The summed E-state index contributed by atoms with van der Waals surface area (Å²) in [5.41, 5.74) is 2.80. The molecule has 5 heteroatoms. The van der Waals surface area contributed by atoms with Crippen molar-refractivity contribution < 1.29 is 4.79 Å². The molecule has 1 aromatic heterocycles. The van der Waals surface area contributed by atoms with Crippen LogP contribution in [0.15, 0.2) is 18.2 Å². The molecule has 0 aliphatic heterocycles. The Bertz CT molecular complexity index is 584. The van der Waals surface area contributed by atoms with Crippen LogP contribution in [0.25, 0.3) is 0 Å². The predicted octanol–water partition coefficient (Wildman–Crippen LogP) is 3.53. The Balaban J connectivity index is 2.15.